The minimum absolute atomic E-state index is 0.0147. The van der Waals surface area contributed by atoms with Crippen molar-refractivity contribution in [2.24, 2.45) is 0 Å². The summed E-state index contributed by atoms with van der Waals surface area (Å²) >= 11 is 3.54. The highest BCUT2D eigenvalue weighted by Gasteiger charge is 2.17. The number of nitrogens with zero attached hydrogens (tertiary/aromatic N) is 1. The Kier molecular flexibility index (Phi) is 5.59. The molecule has 0 fully saturated rings. The van der Waals surface area contributed by atoms with E-state index in [-0.39, 0.29) is 6.04 Å². The molecule has 2 rings (SSSR count). The molecule has 0 aliphatic rings. The lowest BCUT2D eigenvalue weighted by molar-refractivity contribution is 0.411. The highest BCUT2D eigenvalue weighted by molar-refractivity contribution is 9.10. The Morgan fingerprint density at radius 2 is 2.19 bits per heavy atom. The van der Waals surface area contributed by atoms with Crippen LogP contribution < -0.4 is 15.8 Å². The molecule has 2 aromatic rings. The van der Waals surface area contributed by atoms with E-state index >= 15 is 0 Å². The molecular weight excluding hydrogens is 330 g/mol. The summed E-state index contributed by atoms with van der Waals surface area (Å²) in [5.74, 6) is 0.812. The van der Waals surface area contributed by atoms with Crippen LogP contribution in [0.25, 0.3) is 0 Å². The van der Waals surface area contributed by atoms with Gasteiger partial charge < -0.3 is 15.8 Å². The van der Waals surface area contributed by atoms with Crippen LogP contribution in [0.2, 0.25) is 0 Å². The van der Waals surface area contributed by atoms with E-state index in [1.807, 2.05) is 24.4 Å². The highest BCUT2D eigenvalue weighted by Crippen LogP contribution is 2.32. The van der Waals surface area contributed by atoms with Crippen LogP contribution in [0.4, 0.5) is 5.69 Å². The Morgan fingerprint density at radius 1 is 1.38 bits per heavy atom. The van der Waals surface area contributed by atoms with Crippen molar-refractivity contribution in [3.05, 3.63) is 52.3 Å². The number of anilines is 1. The SMILES string of the molecule is CCCNC(c1ccc(OC)c(Br)c1)c1cnccc1N. The van der Waals surface area contributed by atoms with Crippen LogP contribution in [-0.2, 0) is 0 Å². The molecule has 0 aliphatic carbocycles. The molecule has 112 valence electrons. The van der Waals surface area contributed by atoms with Crippen LogP contribution in [0, 0.1) is 0 Å². The van der Waals surface area contributed by atoms with Crippen molar-refractivity contribution in [2.45, 2.75) is 19.4 Å². The second kappa shape index (κ2) is 7.43. The number of ether oxygens (including phenoxy) is 1. The summed E-state index contributed by atoms with van der Waals surface area (Å²) in [4.78, 5) is 4.20. The Hall–Kier alpha value is -1.59. The minimum Gasteiger partial charge on any atom is -0.496 e. The topological polar surface area (TPSA) is 60.2 Å². The molecular formula is C16H20BrN3O. The van der Waals surface area contributed by atoms with Gasteiger partial charge in [-0.05, 0) is 52.7 Å². The molecule has 0 aliphatic heterocycles. The van der Waals surface area contributed by atoms with Gasteiger partial charge in [0.15, 0.2) is 0 Å². The Bertz CT molecular complexity index is 604. The molecule has 0 radical (unpaired) electrons. The highest BCUT2D eigenvalue weighted by atomic mass is 79.9. The van der Waals surface area contributed by atoms with Crippen molar-refractivity contribution >= 4 is 21.6 Å². The number of halogens is 1. The molecule has 0 amide bonds. The Balaban J connectivity index is 2.40. The van der Waals surface area contributed by atoms with E-state index in [2.05, 4.69) is 39.2 Å². The predicted octanol–water partition coefficient (Wildman–Crippen LogP) is 3.52. The maximum atomic E-state index is 6.11. The quantitative estimate of drug-likeness (QED) is 0.837. The van der Waals surface area contributed by atoms with Crippen LogP contribution in [0.1, 0.15) is 30.5 Å². The van der Waals surface area contributed by atoms with Crippen LogP contribution in [0.5, 0.6) is 5.75 Å². The number of hydrogen-bond acceptors (Lipinski definition) is 4. The van der Waals surface area contributed by atoms with Crippen molar-refractivity contribution < 1.29 is 4.74 Å². The van der Waals surface area contributed by atoms with Crippen LogP contribution in [0.15, 0.2) is 41.1 Å². The Labute approximate surface area is 133 Å². The van der Waals surface area contributed by atoms with Gasteiger partial charge in [-0.3, -0.25) is 4.98 Å². The summed E-state index contributed by atoms with van der Waals surface area (Å²) in [7, 11) is 1.66. The smallest absolute Gasteiger partial charge is 0.133 e. The fourth-order valence-corrected chi connectivity index (χ4v) is 2.78. The van der Waals surface area contributed by atoms with E-state index in [1.165, 1.54) is 0 Å². The predicted molar refractivity (Wildman–Crippen MR) is 89.5 cm³/mol. The molecule has 0 bridgehead atoms. The third-order valence-corrected chi connectivity index (χ3v) is 3.93. The third kappa shape index (κ3) is 3.74. The summed E-state index contributed by atoms with van der Waals surface area (Å²) in [6.07, 6.45) is 4.58. The average molecular weight is 350 g/mol. The zero-order chi connectivity index (χ0) is 15.2. The van der Waals surface area contributed by atoms with Crippen molar-refractivity contribution in [1.82, 2.24) is 10.3 Å². The summed E-state index contributed by atoms with van der Waals surface area (Å²) in [6, 6.07) is 7.89. The summed E-state index contributed by atoms with van der Waals surface area (Å²) in [5.41, 5.74) is 8.96. The fraction of sp³-hybridized carbons (Fsp3) is 0.312. The zero-order valence-corrected chi connectivity index (χ0v) is 13.9. The third-order valence-electron chi connectivity index (χ3n) is 3.31. The van der Waals surface area contributed by atoms with Crippen molar-refractivity contribution in [3.63, 3.8) is 0 Å². The zero-order valence-electron chi connectivity index (χ0n) is 12.3. The van der Waals surface area contributed by atoms with Gasteiger partial charge in [-0.1, -0.05) is 13.0 Å². The molecule has 1 atom stereocenters. The Morgan fingerprint density at radius 3 is 2.81 bits per heavy atom. The van der Waals surface area contributed by atoms with Crippen molar-refractivity contribution in [2.75, 3.05) is 19.4 Å². The second-order valence-corrected chi connectivity index (χ2v) is 5.64. The maximum Gasteiger partial charge on any atom is 0.133 e. The van der Waals surface area contributed by atoms with Gasteiger partial charge in [-0.15, -0.1) is 0 Å². The molecule has 5 heteroatoms. The van der Waals surface area contributed by atoms with Gasteiger partial charge in [-0.25, -0.2) is 0 Å². The minimum atomic E-state index is 0.0147. The van der Waals surface area contributed by atoms with Gasteiger partial charge in [0.2, 0.25) is 0 Å². The molecule has 0 spiro atoms. The van der Waals surface area contributed by atoms with E-state index in [4.69, 9.17) is 10.5 Å². The molecule has 1 unspecified atom stereocenters. The number of pyridine rings is 1. The molecule has 0 saturated carbocycles. The number of nitrogens with one attached hydrogen (secondary N) is 1. The lowest BCUT2D eigenvalue weighted by Crippen LogP contribution is -2.24. The van der Waals surface area contributed by atoms with Gasteiger partial charge in [0.25, 0.3) is 0 Å². The number of hydrogen-bond donors (Lipinski definition) is 2. The molecule has 4 nitrogen and oxygen atoms in total. The fourth-order valence-electron chi connectivity index (χ4n) is 2.22. The number of rotatable bonds is 6. The average Bonchev–Trinajstić information content (AvgIpc) is 2.49. The lowest BCUT2D eigenvalue weighted by atomic mass is 9.98. The number of aromatic nitrogens is 1. The van der Waals surface area contributed by atoms with Crippen LogP contribution >= 0.6 is 15.9 Å². The standard InChI is InChI=1S/C16H20BrN3O/c1-3-7-20-16(12-10-19-8-6-14(12)18)11-4-5-15(21-2)13(17)9-11/h4-6,8-10,16,20H,3,7H2,1-2H3,(H2,18,19). The van der Waals surface area contributed by atoms with Gasteiger partial charge in [0.1, 0.15) is 5.75 Å². The molecule has 0 saturated heterocycles. The lowest BCUT2D eigenvalue weighted by Gasteiger charge is -2.21. The van der Waals surface area contributed by atoms with E-state index in [0.29, 0.717) is 0 Å². The van der Waals surface area contributed by atoms with Crippen LogP contribution in [-0.4, -0.2) is 18.6 Å². The van der Waals surface area contributed by atoms with Gasteiger partial charge >= 0.3 is 0 Å². The summed E-state index contributed by atoms with van der Waals surface area (Å²) < 4.78 is 6.21. The largest absolute Gasteiger partial charge is 0.496 e. The van der Waals surface area contributed by atoms with Gasteiger partial charge in [0.05, 0.1) is 17.6 Å². The summed E-state index contributed by atoms with van der Waals surface area (Å²) in [5, 5.41) is 3.53. The molecule has 1 aromatic carbocycles. The van der Waals surface area contributed by atoms with E-state index in [9.17, 15) is 0 Å². The monoisotopic (exact) mass is 349 g/mol. The molecule has 1 aromatic heterocycles. The maximum absolute atomic E-state index is 6.11. The summed E-state index contributed by atoms with van der Waals surface area (Å²) in [6.45, 7) is 3.04. The van der Waals surface area contributed by atoms with E-state index in [0.717, 1.165) is 40.0 Å². The number of nitrogens with two attached hydrogens (primary N) is 1. The van der Waals surface area contributed by atoms with E-state index in [1.54, 1.807) is 13.3 Å². The normalized spacial score (nSPS) is 12.1. The first-order valence-corrected chi connectivity index (χ1v) is 7.72. The second-order valence-electron chi connectivity index (χ2n) is 4.79. The van der Waals surface area contributed by atoms with E-state index < -0.39 is 0 Å². The molecule has 1 heterocycles. The first-order valence-electron chi connectivity index (χ1n) is 6.93. The first-order chi connectivity index (χ1) is 10.2. The number of nitrogen functional groups attached to an aromatic ring is 1. The molecule has 21 heavy (non-hydrogen) atoms. The van der Waals surface area contributed by atoms with Crippen molar-refractivity contribution in [3.8, 4) is 5.75 Å². The first kappa shape index (κ1) is 15.8. The number of methoxy groups -OCH3 is 1. The number of benzene rings is 1. The van der Waals surface area contributed by atoms with Gasteiger partial charge in [-0.2, -0.15) is 0 Å². The van der Waals surface area contributed by atoms with Gasteiger partial charge in [0, 0.05) is 23.6 Å². The molecule has 3 N–H and O–H groups in total. The van der Waals surface area contributed by atoms with Crippen LogP contribution in [0.3, 0.4) is 0 Å². The van der Waals surface area contributed by atoms with Crippen molar-refractivity contribution in [1.29, 1.82) is 0 Å².